The van der Waals surface area contributed by atoms with Crippen LogP contribution in [0.15, 0.2) is 24.3 Å². The maximum absolute atomic E-state index is 11.6. The summed E-state index contributed by atoms with van der Waals surface area (Å²) >= 11 is 0. The minimum absolute atomic E-state index is 0.108. The van der Waals surface area contributed by atoms with Gasteiger partial charge in [0.05, 0.1) is 0 Å². The lowest BCUT2D eigenvalue weighted by molar-refractivity contribution is 0.674. The van der Waals surface area contributed by atoms with E-state index in [4.69, 9.17) is 5.73 Å². The molecule has 0 bridgehead atoms. The Morgan fingerprint density at radius 2 is 1.71 bits per heavy atom. The van der Waals surface area contributed by atoms with Gasteiger partial charge in [-0.05, 0) is 23.5 Å². The number of hydrogen-bond acceptors (Lipinski definition) is 2. The Morgan fingerprint density at radius 1 is 1.18 bits per heavy atom. The molecule has 0 aliphatic carbocycles. The summed E-state index contributed by atoms with van der Waals surface area (Å²) in [6, 6.07) is 8.24. The van der Waals surface area contributed by atoms with Crippen molar-refractivity contribution in [2.45, 2.75) is 39.2 Å². The molecule has 0 saturated heterocycles. The maximum atomic E-state index is 11.6. The van der Waals surface area contributed by atoms with E-state index in [0.717, 1.165) is 17.7 Å². The van der Waals surface area contributed by atoms with Crippen LogP contribution in [0, 0.1) is 0 Å². The molecule has 96 valence electrons. The molecular weight excluding hydrogens is 230 g/mol. The summed E-state index contributed by atoms with van der Waals surface area (Å²) in [5.74, 6) is 1.85. The minimum Gasteiger partial charge on any atom is -0.323 e. The van der Waals surface area contributed by atoms with E-state index in [1.165, 1.54) is 5.56 Å². The van der Waals surface area contributed by atoms with Gasteiger partial charge in [-0.25, -0.2) is 0 Å². The van der Waals surface area contributed by atoms with Crippen LogP contribution in [0.3, 0.4) is 0 Å². The highest BCUT2D eigenvalue weighted by atomic mass is 32.2. The number of nitrogens with two attached hydrogens (primary N) is 1. The molecule has 0 spiro atoms. The van der Waals surface area contributed by atoms with Crippen LogP contribution in [0.4, 0.5) is 0 Å². The van der Waals surface area contributed by atoms with Crippen LogP contribution >= 0.6 is 0 Å². The van der Waals surface area contributed by atoms with E-state index in [2.05, 4.69) is 38.1 Å². The third-order valence-electron chi connectivity index (χ3n) is 2.83. The van der Waals surface area contributed by atoms with Crippen molar-refractivity contribution < 1.29 is 4.21 Å². The second-order valence-electron chi connectivity index (χ2n) is 4.74. The second-order valence-corrected chi connectivity index (χ2v) is 6.36. The standard InChI is InChI=1S/C14H23NOS/c1-4-9-17(16)10-14(15)13-7-5-12(6-8-13)11(2)3/h5-8,11,14H,4,9-10,15H2,1-3H3. The Labute approximate surface area is 107 Å². The van der Waals surface area contributed by atoms with Crippen LogP contribution in [-0.2, 0) is 10.8 Å². The van der Waals surface area contributed by atoms with Gasteiger partial charge in [-0.2, -0.15) is 0 Å². The third-order valence-corrected chi connectivity index (χ3v) is 4.42. The number of rotatable bonds is 6. The number of benzene rings is 1. The molecule has 0 aliphatic heterocycles. The van der Waals surface area contributed by atoms with Crippen LogP contribution in [0.1, 0.15) is 50.3 Å². The highest BCUT2D eigenvalue weighted by Crippen LogP contribution is 2.18. The summed E-state index contributed by atoms with van der Waals surface area (Å²) in [7, 11) is -0.790. The first kappa shape index (κ1) is 14.4. The fraction of sp³-hybridized carbons (Fsp3) is 0.571. The first-order valence-electron chi connectivity index (χ1n) is 6.25. The summed E-state index contributed by atoms with van der Waals surface area (Å²) in [4.78, 5) is 0. The van der Waals surface area contributed by atoms with Gasteiger partial charge in [-0.15, -0.1) is 0 Å². The maximum Gasteiger partial charge on any atom is 0.0428 e. The van der Waals surface area contributed by atoms with Crippen LogP contribution in [0.2, 0.25) is 0 Å². The van der Waals surface area contributed by atoms with Crippen molar-refractivity contribution in [3.8, 4) is 0 Å². The molecule has 0 radical (unpaired) electrons. The zero-order valence-electron chi connectivity index (χ0n) is 11.0. The molecule has 0 amide bonds. The molecule has 0 saturated carbocycles. The molecule has 3 heteroatoms. The van der Waals surface area contributed by atoms with Crippen LogP contribution < -0.4 is 5.73 Å². The molecule has 0 aliphatic rings. The zero-order chi connectivity index (χ0) is 12.8. The van der Waals surface area contributed by atoms with Crippen molar-refractivity contribution in [1.29, 1.82) is 0 Å². The average molecular weight is 253 g/mol. The highest BCUT2D eigenvalue weighted by molar-refractivity contribution is 7.85. The lowest BCUT2D eigenvalue weighted by Crippen LogP contribution is -2.19. The van der Waals surface area contributed by atoms with Crippen molar-refractivity contribution in [3.63, 3.8) is 0 Å². The topological polar surface area (TPSA) is 43.1 Å². The highest BCUT2D eigenvalue weighted by Gasteiger charge is 2.10. The fourth-order valence-corrected chi connectivity index (χ4v) is 2.95. The van der Waals surface area contributed by atoms with Gasteiger partial charge in [0.2, 0.25) is 0 Å². The van der Waals surface area contributed by atoms with Crippen LogP contribution in [0.25, 0.3) is 0 Å². The monoisotopic (exact) mass is 253 g/mol. The molecule has 2 unspecified atom stereocenters. The average Bonchev–Trinajstić information content (AvgIpc) is 2.29. The first-order chi connectivity index (χ1) is 8.04. The smallest absolute Gasteiger partial charge is 0.0428 e. The Balaban J connectivity index is 2.63. The van der Waals surface area contributed by atoms with E-state index in [0.29, 0.717) is 11.7 Å². The van der Waals surface area contributed by atoms with Crippen molar-refractivity contribution in [2.75, 3.05) is 11.5 Å². The molecule has 17 heavy (non-hydrogen) atoms. The van der Waals surface area contributed by atoms with E-state index in [1.807, 2.05) is 6.92 Å². The van der Waals surface area contributed by atoms with Gasteiger partial charge in [0, 0.05) is 28.3 Å². The minimum atomic E-state index is -0.790. The second kappa shape index (κ2) is 6.92. The molecule has 2 N–H and O–H groups in total. The van der Waals surface area contributed by atoms with Crippen molar-refractivity contribution in [3.05, 3.63) is 35.4 Å². The van der Waals surface area contributed by atoms with Gasteiger partial charge in [-0.3, -0.25) is 4.21 Å². The quantitative estimate of drug-likeness (QED) is 0.847. The van der Waals surface area contributed by atoms with E-state index in [9.17, 15) is 4.21 Å². The SMILES string of the molecule is CCCS(=O)CC(N)c1ccc(C(C)C)cc1. The molecule has 0 heterocycles. The molecule has 1 aromatic rings. The Kier molecular flexibility index (Phi) is 5.86. The van der Waals surface area contributed by atoms with Gasteiger partial charge in [0.25, 0.3) is 0 Å². The van der Waals surface area contributed by atoms with E-state index >= 15 is 0 Å². The lowest BCUT2D eigenvalue weighted by Gasteiger charge is -2.13. The molecule has 0 fully saturated rings. The summed E-state index contributed by atoms with van der Waals surface area (Å²) in [5.41, 5.74) is 8.46. The summed E-state index contributed by atoms with van der Waals surface area (Å²) in [6.07, 6.45) is 0.950. The van der Waals surface area contributed by atoms with Crippen molar-refractivity contribution in [1.82, 2.24) is 0 Å². The Hall–Kier alpha value is -0.670. The lowest BCUT2D eigenvalue weighted by atomic mass is 10.00. The molecule has 1 rings (SSSR count). The molecule has 0 aromatic heterocycles. The van der Waals surface area contributed by atoms with Gasteiger partial charge in [0.15, 0.2) is 0 Å². The van der Waals surface area contributed by atoms with Gasteiger partial charge < -0.3 is 5.73 Å². The fourth-order valence-electron chi connectivity index (χ4n) is 1.74. The summed E-state index contributed by atoms with van der Waals surface area (Å²) in [5, 5.41) is 0. The van der Waals surface area contributed by atoms with E-state index < -0.39 is 10.8 Å². The normalized spacial score (nSPS) is 14.9. The van der Waals surface area contributed by atoms with Crippen molar-refractivity contribution in [2.24, 2.45) is 5.73 Å². The predicted molar refractivity (Wildman–Crippen MR) is 75.6 cm³/mol. The van der Waals surface area contributed by atoms with E-state index in [1.54, 1.807) is 0 Å². The largest absolute Gasteiger partial charge is 0.323 e. The van der Waals surface area contributed by atoms with Gasteiger partial charge in [0.1, 0.15) is 0 Å². The zero-order valence-corrected chi connectivity index (χ0v) is 11.8. The Bertz CT molecular complexity index is 359. The summed E-state index contributed by atoms with van der Waals surface area (Å²) in [6.45, 7) is 6.39. The van der Waals surface area contributed by atoms with Gasteiger partial charge in [-0.1, -0.05) is 45.0 Å². The van der Waals surface area contributed by atoms with Crippen LogP contribution in [0.5, 0.6) is 0 Å². The molecule has 2 atom stereocenters. The predicted octanol–water partition coefficient (Wildman–Crippen LogP) is 2.97. The van der Waals surface area contributed by atoms with E-state index in [-0.39, 0.29) is 6.04 Å². The van der Waals surface area contributed by atoms with Gasteiger partial charge >= 0.3 is 0 Å². The Morgan fingerprint density at radius 3 is 2.18 bits per heavy atom. The van der Waals surface area contributed by atoms with Crippen molar-refractivity contribution >= 4 is 10.8 Å². The van der Waals surface area contributed by atoms with Crippen LogP contribution in [-0.4, -0.2) is 15.7 Å². The molecule has 2 nitrogen and oxygen atoms in total. The third kappa shape index (κ3) is 4.60. The molecular formula is C14H23NOS. The summed E-state index contributed by atoms with van der Waals surface area (Å²) < 4.78 is 11.6. The molecule has 1 aromatic carbocycles. The number of hydrogen-bond donors (Lipinski definition) is 1. The first-order valence-corrected chi connectivity index (χ1v) is 7.73.